The first-order chi connectivity index (χ1) is 3.86. The van der Waals surface area contributed by atoms with E-state index < -0.39 is 0 Å². The minimum Gasteiger partial charge on any atom is -0.296 e. The van der Waals surface area contributed by atoms with Gasteiger partial charge in [-0.1, -0.05) is 0 Å². The fourth-order valence-corrected chi connectivity index (χ4v) is 1.66. The summed E-state index contributed by atoms with van der Waals surface area (Å²) in [6.45, 7) is 0. The summed E-state index contributed by atoms with van der Waals surface area (Å²) in [7, 11) is 2.03. The van der Waals surface area contributed by atoms with E-state index in [0.717, 1.165) is 6.04 Å². The Morgan fingerprint density at radius 3 is 2.62 bits per heavy atom. The third-order valence-electron chi connectivity index (χ3n) is 2.19. The van der Waals surface area contributed by atoms with Crippen molar-refractivity contribution in [3.05, 3.63) is 0 Å². The van der Waals surface area contributed by atoms with E-state index in [-0.39, 0.29) is 0 Å². The summed E-state index contributed by atoms with van der Waals surface area (Å²) >= 11 is 0. The molecule has 1 heterocycles. The molecular formula is C6H11NO. The fourth-order valence-electron chi connectivity index (χ4n) is 1.66. The molecule has 0 aromatic rings. The van der Waals surface area contributed by atoms with Crippen molar-refractivity contribution in [2.45, 2.75) is 31.4 Å². The van der Waals surface area contributed by atoms with Gasteiger partial charge in [-0.25, -0.2) is 0 Å². The highest BCUT2D eigenvalue weighted by Crippen LogP contribution is 2.33. The van der Waals surface area contributed by atoms with E-state index in [1.807, 2.05) is 12.1 Å². The van der Waals surface area contributed by atoms with Crippen LogP contribution in [0.25, 0.3) is 0 Å². The molecule has 2 heteroatoms. The summed E-state index contributed by atoms with van der Waals surface area (Å²) in [6, 6.07) is 0.750. The maximum Gasteiger partial charge on any atom is 0.0809 e. The molecule has 2 rings (SSSR count). The van der Waals surface area contributed by atoms with Crippen LogP contribution in [0.4, 0.5) is 0 Å². The first kappa shape index (κ1) is 4.77. The molecule has 2 unspecified atom stereocenters. The lowest BCUT2D eigenvalue weighted by molar-refractivity contribution is -0.165. The molecule has 0 amide bonds. The second kappa shape index (κ2) is 1.45. The van der Waals surface area contributed by atoms with Gasteiger partial charge in [-0.15, -0.1) is 0 Å². The lowest BCUT2D eigenvalue weighted by atomic mass is 10.3. The third kappa shape index (κ3) is 0.501. The Kier molecular flexibility index (Phi) is 0.866. The van der Waals surface area contributed by atoms with Gasteiger partial charge in [-0.2, -0.15) is 5.06 Å². The first-order valence-corrected chi connectivity index (χ1v) is 3.26. The fraction of sp³-hybridized carbons (Fsp3) is 1.00. The summed E-state index contributed by atoms with van der Waals surface area (Å²) in [5.74, 6) is 0. The molecule has 2 fully saturated rings. The minimum atomic E-state index is 0.574. The molecule has 46 valence electrons. The van der Waals surface area contributed by atoms with E-state index in [1.165, 1.54) is 19.3 Å². The van der Waals surface area contributed by atoms with Crippen molar-refractivity contribution in [2.75, 3.05) is 7.05 Å². The van der Waals surface area contributed by atoms with Gasteiger partial charge in [0.05, 0.1) is 6.10 Å². The zero-order valence-electron chi connectivity index (χ0n) is 5.13. The smallest absolute Gasteiger partial charge is 0.0809 e. The Morgan fingerprint density at radius 1 is 1.50 bits per heavy atom. The Morgan fingerprint density at radius 2 is 2.38 bits per heavy atom. The molecule has 1 saturated carbocycles. The van der Waals surface area contributed by atoms with Gasteiger partial charge < -0.3 is 0 Å². The molecule has 8 heavy (non-hydrogen) atoms. The number of hydrogen-bond acceptors (Lipinski definition) is 2. The van der Waals surface area contributed by atoms with Crippen molar-refractivity contribution < 1.29 is 4.84 Å². The van der Waals surface area contributed by atoms with Crippen LogP contribution in [0.5, 0.6) is 0 Å². The molecule has 1 aliphatic heterocycles. The van der Waals surface area contributed by atoms with Crippen LogP contribution in [-0.2, 0) is 4.84 Å². The Balaban J connectivity index is 2.11. The van der Waals surface area contributed by atoms with Crippen molar-refractivity contribution in [3.63, 3.8) is 0 Å². The van der Waals surface area contributed by atoms with Gasteiger partial charge >= 0.3 is 0 Å². The van der Waals surface area contributed by atoms with Crippen LogP contribution in [0.15, 0.2) is 0 Å². The maximum atomic E-state index is 5.39. The van der Waals surface area contributed by atoms with Gasteiger partial charge in [0.15, 0.2) is 0 Å². The SMILES string of the molecule is CN1OC2CCC1C2. The molecule has 0 spiro atoms. The van der Waals surface area contributed by atoms with Gasteiger partial charge in [0.25, 0.3) is 0 Å². The molecule has 0 N–H and O–H groups in total. The standard InChI is InChI=1S/C6H11NO/c1-7-5-2-3-6(4-5)8-7/h5-6H,2-4H2,1H3. The summed E-state index contributed by atoms with van der Waals surface area (Å²) in [4.78, 5) is 5.39. The van der Waals surface area contributed by atoms with Crippen LogP contribution in [0, 0.1) is 0 Å². The Hall–Kier alpha value is -0.0800. The predicted octanol–water partition coefficient (Wildman–Crippen LogP) is 0.784. The number of nitrogens with zero attached hydrogens (tertiary/aromatic N) is 1. The quantitative estimate of drug-likeness (QED) is 0.460. The number of fused-ring (bicyclic) bond motifs is 2. The lowest BCUT2D eigenvalue weighted by Crippen LogP contribution is -2.26. The van der Waals surface area contributed by atoms with E-state index in [0.29, 0.717) is 6.10 Å². The summed E-state index contributed by atoms with van der Waals surface area (Å²) in [6.07, 6.45) is 4.48. The van der Waals surface area contributed by atoms with Gasteiger partial charge in [0.2, 0.25) is 0 Å². The summed E-state index contributed by atoms with van der Waals surface area (Å²) in [5.41, 5.74) is 0. The number of hydrogen-bond donors (Lipinski definition) is 0. The van der Waals surface area contributed by atoms with Gasteiger partial charge in [-0.05, 0) is 19.3 Å². The minimum absolute atomic E-state index is 0.574. The Labute approximate surface area is 49.4 Å². The topological polar surface area (TPSA) is 12.5 Å². The summed E-state index contributed by atoms with van der Waals surface area (Å²) < 4.78 is 0. The second-order valence-corrected chi connectivity index (χ2v) is 2.74. The highest BCUT2D eigenvalue weighted by Gasteiger charge is 2.36. The molecular weight excluding hydrogens is 102 g/mol. The van der Waals surface area contributed by atoms with E-state index in [2.05, 4.69) is 0 Å². The molecule has 1 aliphatic carbocycles. The van der Waals surface area contributed by atoms with E-state index >= 15 is 0 Å². The van der Waals surface area contributed by atoms with Crippen LogP contribution in [-0.4, -0.2) is 24.3 Å². The summed E-state index contributed by atoms with van der Waals surface area (Å²) in [5, 5.41) is 2.01. The van der Waals surface area contributed by atoms with Crippen molar-refractivity contribution in [3.8, 4) is 0 Å². The lowest BCUT2D eigenvalue weighted by Gasteiger charge is -2.20. The van der Waals surface area contributed by atoms with Gasteiger partial charge in [0.1, 0.15) is 0 Å². The molecule has 0 aromatic heterocycles. The molecule has 0 aromatic carbocycles. The van der Waals surface area contributed by atoms with Crippen LogP contribution in [0.1, 0.15) is 19.3 Å². The van der Waals surface area contributed by atoms with Crippen molar-refractivity contribution in [1.29, 1.82) is 0 Å². The highest BCUT2D eigenvalue weighted by atomic mass is 16.7. The molecule has 0 radical (unpaired) electrons. The number of hydroxylamine groups is 2. The van der Waals surface area contributed by atoms with Crippen LogP contribution < -0.4 is 0 Å². The third-order valence-corrected chi connectivity index (χ3v) is 2.19. The maximum absolute atomic E-state index is 5.39. The van der Waals surface area contributed by atoms with Gasteiger partial charge in [0, 0.05) is 13.1 Å². The largest absolute Gasteiger partial charge is 0.296 e. The second-order valence-electron chi connectivity index (χ2n) is 2.74. The molecule has 2 atom stereocenters. The Bertz CT molecular complexity index is 103. The molecule has 2 aliphatic rings. The van der Waals surface area contributed by atoms with Crippen LogP contribution in [0.3, 0.4) is 0 Å². The van der Waals surface area contributed by atoms with Crippen LogP contribution >= 0.6 is 0 Å². The van der Waals surface area contributed by atoms with E-state index in [9.17, 15) is 0 Å². The van der Waals surface area contributed by atoms with E-state index in [1.54, 1.807) is 0 Å². The highest BCUT2D eigenvalue weighted by molar-refractivity contribution is 4.84. The zero-order valence-corrected chi connectivity index (χ0v) is 5.13. The van der Waals surface area contributed by atoms with Crippen molar-refractivity contribution in [2.24, 2.45) is 0 Å². The zero-order chi connectivity index (χ0) is 5.56. The predicted molar refractivity (Wildman–Crippen MR) is 30.3 cm³/mol. The first-order valence-electron chi connectivity index (χ1n) is 3.26. The monoisotopic (exact) mass is 113 g/mol. The van der Waals surface area contributed by atoms with Gasteiger partial charge in [-0.3, -0.25) is 4.84 Å². The normalized spacial score (nSPS) is 46.1. The molecule has 2 bridgehead atoms. The van der Waals surface area contributed by atoms with Crippen LogP contribution in [0.2, 0.25) is 0 Å². The molecule has 2 nitrogen and oxygen atoms in total. The number of rotatable bonds is 0. The van der Waals surface area contributed by atoms with Crippen molar-refractivity contribution in [1.82, 2.24) is 5.06 Å². The average molecular weight is 113 g/mol. The average Bonchev–Trinajstić information content (AvgIpc) is 2.23. The van der Waals surface area contributed by atoms with E-state index in [4.69, 9.17) is 4.84 Å². The molecule has 1 saturated heterocycles. The van der Waals surface area contributed by atoms with Crippen molar-refractivity contribution >= 4 is 0 Å².